The first-order valence-corrected chi connectivity index (χ1v) is 5.24. The number of ether oxygens (including phenoxy) is 1. The molecule has 1 amide bonds. The molecule has 0 aromatic heterocycles. The van der Waals surface area contributed by atoms with Gasteiger partial charge in [-0.15, -0.1) is 0 Å². The Morgan fingerprint density at radius 1 is 1.31 bits per heavy atom. The summed E-state index contributed by atoms with van der Waals surface area (Å²) >= 11 is 0. The molecule has 6 heteroatoms. The van der Waals surface area contributed by atoms with Gasteiger partial charge in [-0.3, -0.25) is 4.79 Å². The van der Waals surface area contributed by atoms with Gasteiger partial charge in [-0.05, 0) is 25.2 Å². The fourth-order valence-electron chi connectivity index (χ4n) is 1.80. The summed E-state index contributed by atoms with van der Waals surface area (Å²) in [7, 11) is 0. The Morgan fingerprint density at radius 3 is 2.31 bits per heavy atom. The third-order valence-electron chi connectivity index (χ3n) is 3.01. The summed E-state index contributed by atoms with van der Waals surface area (Å²) in [5, 5.41) is 13.3. The molecular formula is C10H14NNaO4. The summed E-state index contributed by atoms with van der Waals surface area (Å²) in [6.45, 7) is 2.06. The topological polar surface area (TPSA) is 78.5 Å². The van der Waals surface area contributed by atoms with E-state index in [0.29, 0.717) is 18.8 Å². The van der Waals surface area contributed by atoms with E-state index in [0.717, 1.165) is 6.42 Å². The van der Waals surface area contributed by atoms with Crippen molar-refractivity contribution in [2.45, 2.75) is 44.4 Å². The van der Waals surface area contributed by atoms with Gasteiger partial charge in [0.25, 0.3) is 0 Å². The van der Waals surface area contributed by atoms with Crippen LogP contribution in [0, 0.1) is 5.92 Å². The van der Waals surface area contributed by atoms with Crippen LogP contribution in [0.1, 0.15) is 26.2 Å². The van der Waals surface area contributed by atoms with Gasteiger partial charge in [0.1, 0.15) is 6.10 Å². The molecule has 2 fully saturated rings. The maximum atomic E-state index is 11.6. The van der Waals surface area contributed by atoms with Crippen LogP contribution in [-0.2, 0) is 14.3 Å². The van der Waals surface area contributed by atoms with Crippen LogP contribution in [0.2, 0.25) is 0 Å². The van der Waals surface area contributed by atoms with Crippen molar-refractivity contribution in [3.05, 3.63) is 0 Å². The van der Waals surface area contributed by atoms with Crippen LogP contribution in [0.5, 0.6) is 0 Å². The van der Waals surface area contributed by atoms with Crippen molar-refractivity contribution in [1.82, 2.24) is 5.32 Å². The van der Waals surface area contributed by atoms with Gasteiger partial charge in [0.05, 0.1) is 12.1 Å². The van der Waals surface area contributed by atoms with Crippen molar-refractivity contribution < 1.29 is 49.0 Å². The third kappa shape index (κ3) is 3.20. The summed E-state index contributed by atoms with van der Waals surface area (Å²) in [6.07, 6.45) is 0.298. The van der Waals surface area contributed by atoms with Crippen molar-refractivity contribution in [3.63, 3.8) is 0 Å². The van der Waals surface area contributed by atoms with Crippen LogP contribution >= 0.6 is 0 Å². The Hall–Kier alpha value is -0.100. The predicted molar refractivity (Wildman–Crippen MR) is 48.6 cm³/mol. The quantitative estimate of drug-likeness (QED) is 0.503. The van der Waals surface area contributed by atoms with E-state index >= 15 is 0 Å². The molecular weight excluding hydrogens is 221 g/mol. The average Bonchev–Trinajstić information content (AvgIpc) is 2.71. The number of carbonyl (C=O) groups excluding carboxylic acids is 2. The van der Waals surface area contributed by atoms with E-state index in [2.05, 4.69) is 12.2 Å². The molecule has 0 bridgehead atoms. The van der Waals surface area contributed by atoms with E-state index in [1.54, 1.807) is 0 Å². The number of rotatable bonds is 3. The molecule has 0 aromatic carbocycles. The monoisotopic (exact) mass is 235 g/mol. The molecule has 5 nitrogen and oxygen atoms in total. The van der Waals surface area contributed by atoms with Gasteiger partial charge in [0.15, 0.2) is 0 Å². The normalized spacial score (nSPS) is 36.3. The van der Waals surface area contributed by atoms with Crippen LogP contribution < -0.4 is 40.0 Å². The van der Waals surface area contributed by atoms with Crippen molar-refractivity contribution in [3.8, 4) is 0 Å². The molecule has 1 N–H and O–H groups in total. The van der Waals surface area contributed by atoms with E-state index in [1.807, 2.05) is 0 Å². The van der Waals surface area contributed by atoms with Crippen LogP contribution in [0.25, 0.3) is 0 Å². The second-order valence-corrected chi connectivity index (χ2v) is 4.34. The van der Waals surface area contributed by atoms with Crippen LogP contribution in [0.3, 0.4) is 0 Å². The fraction of sp³-hybridized carbons (Fsp3) is 0.800. The molecule has 0 aromatic rings. The molecule has 84 valence electrons. The van der Waals surface area contributed by atoms with Crippen molar-refractivity contribution >= 4 is 11.9 Å². The molecule has 2 rings (SSSR count). The minimum absolute atomic E-state index is 0. The molecule has 1 aliphatic heterocycles. The maximum absolute atomic E-state index is 11.6. The summed E-state index contributed by atoms with van der Waals surface area (Å²) in [5.41, 5.74) is 0. The van der Waals surface area contributed by atoms with E-state index in [1.165, 1.54) is 0 Å². The Kier molecular flexibility index (Phi) is 4.79. The molecule has 4 atom stereocenters. The van der Waals surface area contributed by atoms with E-state index in [9.17, 15) is 14.7 Å². The summed E-state index contributed by atoms with van der Waals surface area (Å²) < 4.78 is 5.07. The number of carbonyl (C=O) groups is 2. The standard InChI is InChI=1S/C10H15NO4.Na/c1-5-4-6(5)11-9(12)7-2-3-8(15-7)10(13)14;/h5-8H,2-4H2,1H3,(H,11,12)(H,13,14);/q;+1/p-1/t5-,6-,7?,8?;/m1./s1. The zero-order valence-electron chi connectivity index (χ0n) is 9.56. The van der Waals surface area contributed by atoms with Crippen molar-refractivity contribution in [2.75, 3.05) is 0 Å². The Morgan fingerprint density at radius 2 is 1.88 bits per heavy atom. The molecule has 2 aliphatic rings. The van der Waals surface area contributed by atoms with Crippen LogP contribution in [-0.4, -0.2) is 30.1 Å². The second-order valence-electron chi connectivity index (χ2n) is 4.34. The number of aliphatic carboxylic acids is 1. The maximum Gasteiger partial charge on any atom is 1.00 e. The number of hydrogen-bond acceptors (Lipinski definition) is 4. The molecule has 1 aliphatic carbocycles. The second kappa shape index (κ2) is 5.49. The first kappa shape index (κ1) is 14.0. The molecule has 2 unspecified atom stereocenters. The van der Waals surface area contributed by atoms with Gasteiger partial charge < -0.3 is 20.0 Å². The van der Waals surface area contributed by atoms with E-state index in [-0.39, 0.29) is 41.5 Å². The molecule has 1 saturated heterocycles. The third-order valence-corrected chi connectivity index (χ3v) is 3.01. The van der Waals surface area contributed by atoms with Gasteiger partial charge in [-0.25, -0.2) is 0 Å². The Balaban J connectivity index is 0.00000128. The number of amides is 1. The molecule has 16 heavy (non-hydrogen) atoms. The number of hydrogen-bond donors (Lipinski definition) is 1. The van der Waals surface area contributed by atoms with E-state index < -0.39 is 18.2 Å². The summed E-state index contributed by atoms with van der Waals surface area (Å²) in [6, 6.07) is 0.253. The number of carboxylic acid groups (broad SMARTS) is 1. The largest absolute Gasteiger partial charge is 1.00 e. The minimum Gasteiger partial charge on any atom is -0.547 e. The molecule has 1 heterocycles. The van der Waals surface area contributed by atoms with Gasteiger partial charge in [-0.2, -0.15) is 0 Å². The zero-order valence-corrected chi connectivity index (χ0v) is 11.6. The first-order chi connectivity index (χ1) is 7.08. The van der Waals surface area contributed by atoms with Crippen LogP contribution in [0.15, 0.2) is 0 Å². The van der Waals surface area contributed by atoms with Gasteiger partial charge >= 0.3 is 29.6 Å². The summed E-state index contributed by atoms with van der Waals surface area (Å²) in [4.78, 5) is 22.0. The van der Waals surface area contributed by atoms with Crippen molar-refractivity contribution in [1.29, 1.82) is 0 Å². The minimum atomic E-state index is -1.23. The molecule has 0 spiro atoms. The average molecular weight is 235 g/mol. The Bertz CT molecular complexity index is 297. The molecule has 1 saturated carbocycles. The van der Waals surface area contributed by atoms with Gasteiger partial charge in [-0.1, -0.05) is 6.92 Å². The van der Waals surface area contributed by atoms with Crippen molar-refractivity contribution in [2.24, 2.45) is 5.92 Å². The predicted octanol–water partition coefficient (Wildman–Crippen LogP) is -4.19. The van der Waals surface area contributed by atoms with Gasteiger partial charge in [0.2, 0.25) is 5.91 Å². The zero-order chi connectivity index (χ0) is 11.0. The fourth-order valence-corrected chi connectivity index (χ4v) is 1.80. The number of carboxylic acids is 1. The van der Waals surface area contributed by atoms with E-state index in [4.69, 9.17) is 4.74 Å². The summed E-state index contributed by atoms with van der Waals surface area (Å²) in [5.74, 6) is -0.884. The smallest absolute Gasteiger partial charge is 0.547 e. The SMILES string of the molecule is C[C@@H]1C[C@H]1NC(=O)C1CCC(C(=O)[O-])O1.[Na+]. The van der Waals surface area contributed by atoms with Crippen LogP contribution in [0.4, 0.5) is 0 Å². The first-order valence-electron chi connectivity index (χ1n) is 5.24. The van der Waals surface area contributed by atoms with Gasteiger partial charge in [0, 0.05) is 6.04 Å². The number of nitrogens with one attached hydrogen (secondary N) is 1. The Labute approximate surface area is 116 Å². The molecule has 0 radical (unpaired) electrons.